The second-order valence-corrected chi connectivity index (χ2v) is 5.56. The Morgan fingerprint density at radius 2 is 2.37 bits per heavy atom. The van der Waals surface area contributed by atoms with Crippen molar-refractivity contribution < 1.29 is 4.79 Å². The van der Waals surface area contributed by atoms with Crippen LogP contribution in [0.2, 0.25) is 0 Å². The smallest absolute Gasteiger partial charge is 0.243 e. The fraction of sp³-hybridized carbons (Fsp3) is 0.417. The summed E-state index contributed by atoms with van der Waals surface area (Å²) >= 11 is 3.42. The lowest BCUT2D eigenvalue weighted by Gasteiger charge is -2.11. The van der Waals surface area contributed by atoms with Crippen LogP contribution in [0.25, 0.3) is 5.65 Å². The molecule has 1 saturated carbocycles. The molecular weight excluding hydrogens is 310 g/mol. The molecule has 6 nitrogen and oxygen atoms in total. The Labute approximate surface area is 118 Å². The molecule has 1 fully saturated rings. The third-order valence-corrected chi connectivity index (χ3v) is 3.60. The van der Waals surface area contributed by atoms with Crippen molar-refractivity contribution in [1.82, 2.24) is 19.9 Å². The predicted molar refractivity (Wildman–Crippen MR) is 74.9 cm³/mol. The van der Waals surface area contributed by atoms with Gasteiger partial charge in [-0.05, 0) is 47.8 Å². The number of aromatic nitrogens is 3. The van der Waals surface area contributed by atoms with E-state index in [9.17, 15) is 4.79 Å². The zero-order valence-electron chi connectivity index (χ0n) is 10.4. The standard InChI is InChI=1S/C12H14BrN5O/c1-7(11(19)15-8-4-5-8)14-12-16-10-9(13)3-2-6-18(10)17-12/h2-3,6-8H,4-5H2,1H3,(H,14,17)(H,15,19). The van der Waals surface area contributed by atoms with Gasteiger partial charge in [-0.25, -0.2) is 4.52 Å². The molecule has 2 N–H and O–H groups in total. The summed E-state index contributed by atoms with van der Waals surface area (Å²) in [6.07, 6.45) is 3.98. The van der Waals surface area contributed by atoms with Crippen LogP contribution >= 0.6 is 15.9 Å². The number of hydrogen-bond acceptors (Lipinski definition) is 4. The van der Waals surface area contributed by atoms with Gasteiger partial charge in [-0.1, -0.05) is 0 Å². The maximum atomic E-state index is 11.8. The molecular formula is C12H14BrN5O. The molecule has 1 amide bonds. The molecule has 2 aromatic heterocycles. The van der Waals surface area contributed by atoms with E-state index in [1.807, 2.05) is 18.3 Å². The molecule has 1 aliphatic carbocycles. The molecule has 2 heterocycles. The highest BCUT2D eigenvalue weighted by Crippen LogP contribution is 2.19. The Kier molecular flexibility index (Phi) is 3.14. The Morgan fingerprint density at radius 3 is 3.05 bits per heavy atom. The average Bonchev–Trinajstić information content (AvgIpc) is 3.08. The number of halogens is 1. The van der Waals surface area contributed by atoms with Gasteiger partial charge in [0.25, 0.3) is 0 Å². The van der Waals surface area contributed by atoms with Crippen LogP contribution in [0.4, 0.5) is 5.95 Å². The normalized spacial score (nSPS) is 16.3. The van der Waals surface area contributed by atoms with Crippen LogP contribution in [-0.4, -0.2) is 32.6 Å². The minimum Gasteiger partial charge on any atom is -0.352 e. The predicted octanol–water partition coefficient (Wildman–Crippen LogP) is 1.57. The molecule has 0 saturated heterocycles. The molecule has 1 aliphatic rings. The van der Waals surface area contributed by atoms with E-state index in [0.29, 0.717) is 12.0 Å². The first-order chi connectivity index (χ1) is 9.13. The van der Waals surface area contributed by atoms with Gasteiger partial charge in [0.05, 0.1) is 4.47 Å². The van der Waals surface area contributed by atoms with Crippen molar-refractivity contribution in [2.75, 3.05) is 5.32 Å². The lowest BCUT2D eigenvalue weighted by molar-refractivity contribution is -0.121. The maximum absolute atomic E-state index is 11.8. The number of amides is 1. The van der Waals surface area contributed by atoms with E-state index in [1.54, 1.807) is 11.4 Å². The van der Waals surface area contributed by atoms with Crippen molar-refractivity contribution in [1.29, 1.82) is 0 Å². The van der Waals surface area contributed by atoms with E-state index in [1.165, 1.54) is 0 Å². The van der Waals surface area contributed by atoms with Crippen molar-refractivity contribution in [3.05, 3.63) is 22.8 Å². The number of nitrogens with one attached hydrogen (secondary N) is 2. The number of fused-ring (bicyclic) bond motifs is 1. The average molecular weight is 324 g/mol. The van der Waals surface area contributed by atoms with Gasteiger partial charge in [-0.2, -0.15) is 4.98 Å². The number of anilines is 1. The minimum absolute atomic E-state index is 0.0135. The second-order valence-electron chi connectivity index (χ2n) is 4.71. The highest BCUT2D eigenvalue weighted by Gasteiger charge is 2.26. The molecule has 0 radical (unpaired) electrons. The fourth-order valence-electron chi connectivity index (χ4n) is 1.75. The van der Waals surface area contributed by atoms with Crippen LogP contribution in [-0.2, 0) is 4.79 Å². The van der Waals surface area contributed by atoms with Crippen molar-refractivity contribution in [3.8, 4) is 0 Å². The third kappa shape index (κ3) is 2.70. The maximum Gasteiger partial charge on any atom is 0.243 e. The van der Waals surface area contributed by atoms with E-state index in [-0.39, 0.29) is 11.9 Å². The van der Waals surface area contributed by atoms with Crippen LogP contribution in [0.15, 0.2) is 22.8 Å². The topological polar surface area (TPSA) is 71.3 Å². The summed E-state index contributed by atoms with van der Waals surface area (Å²) in [4.78, 5) is 16.2. The van der Waals surface area contributed by atoms with Crippen molar-refractivity contribution in [3.63, 3.8) is 0 Å². The largest absolute Gasteiger partial charge is 0.352 e. The van der Waals surface area contributed by atoms with Crippen LogP contribution in [0.1, 0.15) is 19.8 Å². The van der Waals surface area contributed by atoms with E-state index in [2.05, 4.69) is 36.6 Å². The summed E-state index contributed by atoms with van der Waals surface area (Å²) in [5.41, 5.74) is 0.722. The highest BCUT2D eigenvalue weighted by atomic mass is 79.9. The zero-order valence-corrected chi connectivity index (χ0v) is 12.0. The SMILES string of the molecule is CC(Nc1nc2c(Br)cccn2n1)C(=O)NC1CC1. The van der Waals surface area contributed by atoms with Gasteiger partial charge >= 0.3 is 0 Å². The van der Waals surface area contributed by atoms with Crippen LogP contribution in [0.3, 0.4) is 0 Å². The minimum atomic E-state index is -0.350. The lowest BCUT2D eigenvalue weighted by atomic mass is 10.3. The van der Waals surface area contributed by atoms with E-state index in [0.717, 1.165) is 23.0 Å². The number of rotatable bonds is 4. The Hall–Kier alpha value is -1.63. The first kappa shape index (κ1) is 12.4. The number of hydrogen-bond donors (Lipinski definition) is 2. The first-order valence-corrected chi connectivity index (χ1v) is 7.00. The number of nitrogens with zero attached hydrogens (tertiary/aromatic N) is 3. The van der Waals surface area contributed by atoms with Crippen molar-refractivity contribution in [2.45, 2.75) is 31.8 Å². The third-order valence-electron chi connectivity index (χ3n) is 2.98. The van der Waals surface area contributed by atoms with Gasteiger partial charge in [0.1, 0.15) is 6.04 Å². The van der Waals surface area contributed by atoms with Gasteiger partial charge in [-0.15, -0.1) is 5.10 Å². The molecule has 0 bridgehead atoms. The number of carbonyl (C=O) groups excluding carboxylic acids is 1. The molecule has 1 atom stereocenters. The van der Waals surface area contributed by atoms with Crippen LogP contribution in [0.5, 0.6) is 0 Å². The molecule has 0 spiro atoms. The molecule has 7 heteroatoms. The zero-order chi connectivity index (χ0) is 13.4. The summed E-state index contributed by atoms with van der Waals surface area (Å²) < 4.78 is 2.53. The Balaban J connectivity index is 1.73. The van der Waals surface area contributed by atoms with Gasteiger partial charge < -0.3 is 10.6 Å². The quantitative estimate of drug-likeness (QED) is 0.896. The summed E-state index contributed by atoms with van der Waals surface area (Å²) in [6.45, 7) is 1.80. The fourth-order valence-corrected chi connectivity index (χ4v) is 2.17. The molecule has 1 unspecified atom stereocenters. The van der Waals surface area contributed by atoms with E-state index >= 15 is 0 Å². The van der Waals surface area contributed by atoms with Gasteiger partial charge in [-0.3, -0.25) is 4.79 Å². The van der Waals surface area contributed by atoms with Crippen molar-refractivity contribution in [2.24, 2.45) is 0 Å². The lowest BCUT2D eigenvalue weighted by Crippen LogP contribution is -2.38. The van der Waals surface area contributed by atoms with Gasteiger partial charge in [0.15, 0.2) is 5.65 Å². The van der Waals surface area contributed by atoms with Crippen LogP contribution in [0, 0.1) is 0 Å². The van der Waals surface area contributed by atoms with Crippen LogP contribution < -0.4 is 10.6 Å². The summed E-state index contributed by atoms with van der Waals surface area (Å²) in [5.74, 6) is 0.436. The molecule has 19 heavy (non-hydrogen) atoms. The summed E-state index contributed by atoms with van der Waals surface area (Å²) in [6, 6.07) is 3.78. The van der Waals surface area contributed by atoms with Crippen molar-refractivity contribution >= 4 is 33.4 Å². The Morgan fingerprint density at radius 1 is 1.58 bits per heavy atom. The molecule has 100 valence electrons. The first-order valence-electron chi connectivity index (χ1n) is 6.21. The second kappa shape index (κ2) is 4.80. The highest BCUT2D eigenvalue weighted by molar-refractivity contribution is 9.10. The Bertz CT molecular complexity index is 622. The number of carbonyl (C=O) groups is 1. The summed E-state index contributed by atoms with van der Waals surface area (Å²) in [7, 11) is 0. The molecule has 2 aromatic rings. The molecule has 0 aliphatic heterocycles. The van der Waals surface area contributed by atoms with E-state index < -0.39 is 0 Å². The number of pyridine rings is 1. The molecule has 0 aromatic carbocycles. The monoisotopic (exact) mass is 323 g/mol. The summed E-state index contributed by atoms with van der Waals surface area (Å²) in [5, 5.41) is 10.2. The van der Waals surface area contributed by atoms with Gasteiger partial charge in [0, 0.05) is 12.2 Å². The molecule has 3 rings (SSSR count). The van der Waals surface area contributed by atoms with Gasteiger partial charge in [0.2, 0.25) is 11.9 Å². The van der Waals surface area contributed by atoms with E-state index in [4.69, 9.17) is 0 Å².